The highest BCUT2D eigenvalue weighted by Crippen LogP contribution is 2.25. The Morgan fingerprint density at radius 3 is 2.40 bits per heavy atom. The van der Waals surface area contributed by atoms with Gasteiger partial charge < -0.3 is 9.67 Å². The van der Waals surface area contributed by atoms with Gasteiger partial charge in [-0.3, -0.25) is 0 Å². The Labute approximate surface area is 121 Å². The Hall–Kier alpha value is -1.11. The highest BCUT2D eigenvalue weighted by Gasteiger charge is 2.34. The lowest BCUT2D eigenvalue weighted by Crippen LogP contribution is -2.45. The van der Waals surface area contributed by atoms with E-state index >= 15 is 0 Å². The number of aromatic nitrogens is 1. The summed E-state index contributed by atoms with van der Waals surface area (Å²) in [5, 5.41) is 9.29. The average molecular weight is 300 g/mol. The maximum Gasteiger partial charge on any atom is 0.245 e. The molecule has 0 atom stereocenters. The predicted molar refractivity (Wildman–Crippen MR) is 79.9 cm³/mol. The van der Waals surface area contributed by atoms with Gasteiger partial charge in [0.1, 0.15) is 4.90 Å². The minimum Gasteiger partial charge on any atom is -0.390 e. The number of aryl methyl sites for hydroxylation is 1. The molecule has 0 radical (unpaired) electrons. The van der Waals surface area contributed by atoms with Crippen molar-refractivity contribution in [2.75, 3.05) is 6.54 Å². The topological polar surface area (TPSA) is 62.5 Å². The van der Waals surface area contributed by atoms with Crippen molar-refractivity contribution in [3.8, 4) is 0 Å². The van der Waals surface area contributed by atoms with Crippen LogP contribution in [0.25, 0.3) is 0 Å². The van der Waals surface area contributed by atoms with Crippen molar-refractivity contribution >= 4 is 10.0 Å². The summed E-state index contributed by atoms with van der Waals surface area (Å²) in [5.41, 5.74) is 0.0549. The molecule has 1 N–H and O–H groups in total. The molecular weight excluding hydrogens is 276 g/mol. The van der Waals surface area contributed by atoms with Crippen LogP contribution < -0.4 is 0 Å². The van der Waals surface area contributed by atoms with Gasteiger partial charge in [0.25, 0.3) is 0 Å². The lowest BCUT2D eigenvalue weighted by atomic mass is 10.1. The average Bonchev–Trinajstić information content (AvgIpc) is 2.78. The molecule has 5 nitrogen and oxygen atoms in total. The number of rotatable bonds is 6. The number of aliphatic hydroxyl groups excluding tert-OH is 1. The standard InChI is InChI=1S/C14H24N2O3S/c1-6-8-16(14(3,4)5)20(18,19)13-9-12(11-17)15(7-2)10-13/h6,9-10,17H,1,7-8,11H2,2-5H3. The summed E-state index contributed by atoms with van der Waals surface area (Å²) in [5.74, 6) is 0. The first-order chi connectivity index (χ1) is 9.18. The zero-order valence-electron chi connectivity index (χ0n) is 12.6. The van der Waals surface area contributed by atoms with Crippen LogP contribution in [-0.2, 0) is 23.2 Å². The molecule has 1 rings (SSSR count). The van der Waals surface area contributed by atoms with Gasteiger partial charge in [-0.15, -0.1) is 6.58 Å². The Kier molecular flexibility index (Phi) is 5.18. The molecule has 0 saturated carbocycles. The second-order valence-electron chi connectivity index (χ2n) is 5.61. The van der Waals surface area contributed by atoms with Crippen LogP contribution in [0.3, 0.4) is 0 Å². The smallest absolute Gasteiger partial charge is 0.245 e. The van der Waals surface area contributed by atoms with Gasteiger partial charge in [-0.25, -0.2) is 8.42 Å². The zero-order valence-corrected chi connectivity index (χ0v) is 13.4. The fourth-order valence-electron chi connectivity index (χ4n) is 2.07. The van der Waals surface area contributed by atoms with Gasteiger partial charge >= 0.3 is 0 Å². The summed E-state index contributed by atoms with van der Waals surface area (Å²) in [6.07, 6.45) is 3.15. The number of hydrogen-bond donors (Lipinski definition) is 1. The first-order valence-corrected chi connectivity index (χ1v) is 8.06. The summed E-state index contributed by atoms with van der Waals surface area (Å²) in [4.78, 5) is 0.208. The summed E-state index contributed by atoms with van der Waals surface area (Å²) in [6, 6.07) is 1.53. The lowest BCUT2D eigenvalue weighted by Gasteiger charge is -2.33. The van der Waals surface area contributed by atoms with Crippen LogP contribution in [-0.4, -0.2) is 34.5 Å². The van der Waals surface area contributed by atoms with E-state index < -0.39 is 15.6 Å². The van der Waals surface area contributed by atoms with Crippen LogP contribution in [0.1, 0.15) is 33.4 Å². The fourth-order valence-corrected chi connectivity index (χ4v) is 3.89. The van der Waals surface area contributed by atoms with Gasteiger partial charge in [0.15, 0.2) is 0 Å². The van der Waals surface area contributed by atoms with E-state index in [1.807, 2.05) is 27.7 Å². The molecule has 114 valence electrons. The van der Waals surface area contributed by atoms with E-state index in [0.717, 1.165) is 0 Å². The van der Waals surface area contributed by atoms with Crippen LogP contribution >= 0.6 is 0 Å². The molecule has 0 bridgehead atoms. The van der Waals surface area contributed by atoms with Gasteiger partial charge in [-0.05, 0) is 33.8 Å². The maximum atomic E-state index is 12.7. The molecule has 1 aromatic heterocycles. The minimum absolute atomic E-state index is 0.180. The van der Waals surface area contributed by atoms with Crippen molar-refractivity contribution in [3.63, 3.8) is 0 Å². The molecular formula is C14H24N2O3S. The van der Waals surface area contributed by atoms with Crippen molar-refractivity contribution < 1.29 is 13.5 Å². The van der Waals surface area contributed by atoms with E-state index in [-0.39, 0.29) is 18.0 Å². The zero-order chi connectivity index (χ0) is 15.6. The van der Waals surface area contributed by atoms with Gasteiger partial charge in [0.05, 0.1) is 6.61 Å². The van der Waals surface area contributed by atoms with Gasteiger partial charge in [-0.1, -0.05) is 6.08 Å². The van der Waals surface area contributed by atoms with E-state index in [1.165, 1.54) is 10.4 Å². The molecule has 0 unspecified atom stereocenters. The molecule has 0 aliphatic heterocycles. The van der Waals surface area contributed by atoms with Gasteiger partial charge in [-0.2, -0.15) is 4.31 Å². The SMILES string of the molecule is C=CCN(C(C)(C)C)S(=O)(=O)c1cc(CO)n(CC)c1. The van der Waals surface area contributed by atoms with Crippen molar-refractivity contribution in [2.45, 2.75) is 51.3 Å². The maximum absolute atomic E-state index is 12.7. The van der Waals surface area contributed by atoms with Gasteiger partial charge in [0, 0.05) is 30.5 Å². The normalized spacial score (nSPS) is 12.9. The highest BCUT2D eigenvalue weighted by atomic mass is 32.2. The molecule has 0 saturated heterocycles. The Morgan fingerprint density at radius 1 is 1.45 bits per heavy atom. The first-order valence-electron chi connectivity index (χ1n) is 6.62. The Balaban J connectivity index is 3.33. The van der Waals surface area contributed by atoms with Crippen molar-refractivity contribution in [1.29, 1.82) is 0 Å². The van der Waals surface area contributed by atoms with Crippen molar-refractivity contribution in [1.82, 2.24) is 8.87 Å². The second kappa shape index (κ2) is 6.11. The number of nitrogens with zero attached hydrogens (tertiary/aromatic N) is 2. The van der Waals surface area contributed by atoms with E-state index in [0.29, 0.717) is 12.2 Å². The fraction of sp³-hybridized carbons (Fsp3) is 0.571. The second-order valence-corrected chi connectivity index (χ2v) is 7.47. The Bertz CT molecular complexity index is 546. The van der Waals surface area contributed by atoms with Crippen LogP contribution in [0.2, 0.25) is 0 Å². The quantitative estimate of drug-likeness (QED) is 0.817. The monoisotopic (exact) mass is 300 g/mol. The molecule has 0 aromatic carbocycles. The van der Waals surface area contributed by atoms with Crippen molar-refractivity contribution in [3.05, 3.63) is 30.6 Å². The van der Waals surface area contributed by atoms with E-state index in [4.69, 9.17) is 0 Å². The predicted octanol–water partition coefficient (Wildman–Crippen LogP) is 1.98. The minimum atomic E-state index is -3.61. The van der Waals surface area contributed by atoms with Crippen LogP contribution in [0.4, 0.5) is 0 Å². The van der Waals surface area contributed by atoms with E-state index in [9.17, 15) is 13.5 Å². The third-order valence-corrected chi connectivity index (χ3v) is 5.19. The highest BCUT2D eigenvalue weighted by molar-refractivity contribution is 7.89. The molecule has 20 heavy (non-hydrogen) atoms. The first kappa shape index (κ1) is 16.9. The summed E-state index contributed by atoms with van der Waals surface area (Å²) in [7, 11) is -3.61. The number of sulfonamides is 1. The Morgan fingerprint density at radius 2 is 2.05 bits per heavy atom. The van der Waals surface area contributed by atoms with Crippen LogP contribution in [0.15, 0.2) is 29.8 Å². The third kappa shape index (κ3) is 3.31. The summed E-state index contributed by atoms with van der Waals surface area (Å²) < 4.78 is 28.6. The summed E-state index contributed by atoms with van der Waals surface area (Å²) >= 11 is 0. The van der Waals surface area contributed by atoms with Crippen LogP contribution in [0.5, 0.6) is 0 Å². The van der Waals surface area contributed by atoms with Gasteiger partial charge in [0.2, 0.25) is 10.0 Å². The van der Waals surface area contributed by atoms with Crippen molar-refractivity contribution in [2.24, 2.45) is 0 Å². The molecule has 0 aliphatic rings. The number of aliphatic hydroxyl groups is 1. The summed E-state index contributed by atoms with van der Waals surface area (Å²) in [6.45, 7) is 11.7. The molecule has 0 aliphatic carbocycles. The number of hydrogen-bond acceptors (Lipinski definition) is 3. The molecule has 6 heteroatoms. The van der Waals surface area contributed by atoms with E-state index in [1.54, 1.807) is 16.8 Å². The third-order valence-electron chi connectivity index (χ3n) is 3.09. The molecule has 0 fully saturated rings. The molecule has 1 aromatic rings. The van der Waals surface area contributed by atoms with E-state index in [2.05, 4.69) is 6.58 Å². The molecule has 1 heterocycles. The van der Waals surface area contributed by atoms with Crippen LogP contribution in [0, 0.1) is 0 Å². The molecule has 0 spiro atoms. The molecule has 0 amide bonds. The lowest BCUT2D eigenvalue weighted by molar-refractivity contribution is 0.269. The largest absolute Gasteiger partial charge is 0.390 e.